The summed E-state index contributed by atoms with van der Waals surface area (Å²) in [6, 6.07) is 8.66. The number of hydrogen-bond acceptors (Lipinski definition) is 2. The maximum absolute atomic E-state index is 13.3. The van der Waals surface area contributed by atoms with Crippen molar-refractivity contribution in [2.45, 2.75) is 37.2 Å². The minimum absolute atomic E-state index is 0.0408. The molecule has 9 heteroatoms. The first-order valence-corrected chi connectivity index (χ1v) is 10.9. The highest BCUT2D eigenvalue weighted by Gasteiger charge is 2.44. The van der Waals surface area contributed by atoms with Gasteiger partial charge in [-0.25, -0.2) is 0 Å². The Morgan fingerprint density at radius 2 is 1.56 bits per heavy atom. The minimum Gasteiger partial charge on any atom is -0.333 e. The third-order valence-electron chi connectivity index (χ3n) is 6.77. The van der Waals surface area contributed by atoms with Crippen LogP contribution in [0.25, 0.3) is 0 Å². The van der Waals surface area contributed by atoms with E-state index in [1.54, 1.807) is 0 Å². The van der Waals surface area contributed by atoms with Crippen LogP contribution in [0.4, 0.5) is 26.3 Å². The summed E-state index contributed by atoms with van der Waals surface area (Å²) in [5.74, 6) is -0.834. The molecule has 0 saturated carbocycles. The van der Waals surface area contributed by atoms with Crippen molar-refractivity contribution in [3.05, 3.63) is 82.9 Å². The van der Waals surface area contributed by atoms with Crippen molar-refractivity contribution >= 4 is 5.91 Å². The van der Waals surface area contributed by atoms with Gasteiger partial charge in [-0.15, -0.1) is 6.58 Å². The predicted octanol–water partition coefficient (Wildman–Crippen LogP) is 5.90. The van der Waals surface area contributed by atoms with Crippen molar-refractivity contribution in [1.82, 2.24) is 9.80 Å². The zero-order valence-corrected chi connectivity index (χ0v) is 18.3. The quantitative estimate of drug-likeness (QED) is 0.402. The Kier molecular flexibility index (Phi) is 6.27. The Hall–Kier alpha value is -2.81. The molecule has 0 N–H and O–H groups in total. The molecular formula is C25H24F6N2O. The molecule has 4 rings (SSSR count). The monoisotopic (exact) mass is 482 g/mol. The van der Waals surface area contributed by atoms with Crippen LogP contribution in [0, 0.1) is 0 Å². The molecule has 0 radical (unpaired) electrons. The average molecular weight is 482 g/mol. The van der Waals surface area contributed by atoms with Crippen molar-refractivity contribution in [3.8, 4) is 0 Å². The third-order valence-corrected chi connectivity index (χ3v) is 6.77. The van der Waals surface area contributed by atoms with Crippen LogP contribution in [0.3, 0.4) is 0 Å². The van der Waals surface area contributed by atoms with Crippen molar-refractivity contribution in [3.63, 3.8) is 0 Å². The van der Waals surface area contributed by atoms with Crippen LogP contribution in [0.15, 0.2) is 55.1 Å². The van der Waals surface area contributed by atoms with Crippen LogP contribution in [-0.4, -0.2) is 41.9 Å². The lowest BCUT2D eigenvalue weighted by atomic mass is 9.68. The van der Waals surface area contributed by atoms with Crippen LogP contribution in [0.1, 0.15) is 45.5 Å². The van der Waals surface area contributed by atoms with Gasteiger partial charge in [0.2, 0.25) is 0 Å². The summed E-state index contributed by atoms with van der Waals surface area (Å²) in [5, 5.41) is 0. The van der Waals surface area contributed by atoms with Gasteiger partial charge in [0.1, 0.15) is 0 Å². The van der Waals surface area contributed by atoms with Gasteiger partial charge in [0.05, 0.1) is 11.1 Å². The molecule has 1 amide bonds. The number of alkyl halides is 6. The molecule has 1 spiro atoms. The van der Waals surface area contributed by atoms with E-state index in [-0.39, 0.29) is 19.2 Å². The Morgan fingerprint density at radius 3 is 2.12 bits per heavy atom. The van der Waals surface area contributed by atoms with E-state index < -0.39 is 40.4 Å². The molecule has 0 atom stereocenters. The first-order chi connectivity index (χ1) is 15.9. The van der Waals surface area contributed by atoms with Crippen LogP contribution in [0.5, 0.6) is 0 Å². The molecule has 2 aromatic carbocycles. The lowest BCUT2D eigenvalue weighted by Gasteiger charge is -2.48. The van der Waals surface area contributed by atoms with Gasteiger partial charge in [-0.05, 0) is 55.3 Å². The second-order valence-corrected chi connectivity index (χ2v) is 8.98. The molecule has 1 saturated heterocycles. The Bertz CT molecular complexity index is 1050. The second-order valence-electron chi connectivity index (χ2n) is 8.98. The molecule has 3 nitrogen and oxygen atoms in total. The van der Waals surface area contributed by atoms with Gasteiger partial charge in [0, 0.05) is 30.6 Å². The number of fused-ring (bicyclic) bond motifs is 2. The number of rotatable bonds is 3. The van der Waals surface area contributed by atoms with Gasteiger partial charge in [0.15, 0.2) is 0 Å². The Morgan fingerprint density at radius 1 is 0.971 bits per heavy atom. The van der Waals surface area contributed by atoms with Crippen LogP contribution in [0.2, 0.25) is 0 Å². The molecule has 2 aliphatic heterocycles. The van der Waals surface area contributed by atoms with E-state index in [4.69, 9.17) is 0 Å². The number of carbonyl (C=O) groups is 1. The summed E-state index contributed by atoms with van der Waals surface area (Å²) in [6.07, 6.45) is -6.77. The molecular weight excluding hydrogens is 458 g/mol. The van der Waals surface area contributed by atoms with E-state index in [9.17, 15) is 31.1 Å². The number of carbonyl (C=O) groups excluding carboxylic acids is 1. The maximum Gasteiger partial charge on any atom is 0.416 e. The smallest absolute Gasteiger partial charge is 0.333 e. The van der Waals surface area contributed by atoms with Gasteiger partial charge in [0.25, 0.3) is 5.91 Å². The largest absolute Gasteiger partial charge is 0.416 e. The highest BCUT2D eigenvalue weighted by Crippen LogP contribution is 2.43. The molecule has 0 bridgehead atoms. The summed E-state index contributed by atoms with van der Waals surface area (Å²) in [4.78, 5) is 16.9. The van der Waals surface area contributed by atoms with Gasteiger partial charge in [-0.3, -0.25) is 9.69 Å². The van der Waals surface area contributed by atoms with Gasteiger partial charge in [-0.1, -0.05) is 30.3 Å². The molecule has 2 aromatic rings. The minimum atomic E-state index is -5.01. The SMILES string of the molecule is C=CCN1CCC2(CC1)CN(C(=O)c1cc(C(F)(F)F)cc(C(F)(F)F)c1)Cc1ccccc12. The van der Waals surface area contributed by atoms with E-state index in [1.165, 1.54) is 4.90 Å². The predicted molar refractivity (Wildman–Crippen MR) is 115 cm³/mol. The number of benzene rings is 2. The fourth-order valence-electron chi connectivity index (χ4n) is 5.07. The van der Waals surface area contributed by atoms with Crippen LogP contribution >= 0.6 is 0 Å². The van der Waals surface area contributed by atoms with Gasteiger partial charge < -0.3 is 4.90 Å². The number of hydrogen-bond donors (Lipinski definition) is 0. The topological polar surface area (TPSA) is 23.6 Å². The number of piperidine rings is 1. The van der Waals surface area contributed by atoms with Gasteiger partial charge in [-0.2, -0.15) is 26.3 Å². The molecule has 2 heterocycles. The standard InChI is InChI=1S/C25H24F6N2O/c1-2-9-32-10-7-23(8-11-32)16-33(15-17-5-3-4-6-21(17)23)22(34)18-12-19(24(26,27)28)14-20(13-18)25(29,30)31/h2-6,12-14H,1,7-11,15-16H2. The Labute approximate surface area is 193 Å². The maximum atomic E-state index is 13.3. The summed E-state index contributed by atoms with van der Waals surface area (Å²) in [7, 11) is 0. The highest BCUT2D eigenvalue weighted by atomic mass is 19.4. The molecule has 0 aromatic heterocycles. The fourth-order valence-corrected chi connectivity index (χ4v) is 5.07. The number of amides is 1. The molecule has 0 unspecified atom stereocenters. The molecule has 34 heavy (non-hydrogen) atoms. The fraction of sp³-hybridized carbons (Fsp3) is 0.400. The molecule has 0 aliphatic carbocycles. The van der Waals surface area contributed by atoms with E-state index in [0.717, 1.165) is 43.6 Å². The van der Waals surface area contributed by atoms with E-state index in [2.05, 4.69) is 11.5 Å². The van der Waals surface area contributed by atoms with Crippen molar-refractivity contribution in [2.24, 2.45) is 0 Å². The van der Waals surface area contributed by atoms with Crippen molar-refractivity contribution < 1.29 is 31.1 Å². The summed E-state index contributed by atoms with van der Waals surface area (Å²) < 4.78 is 79.9. The lowest BCUT2D eigenvalue weighted by Crippen LogP contribution is -2.53. The molecule has 182 valence electrons. The third kappa shape index (κ3) is 4.71. The number of halogens is 6. The molecule has 2 aliphatic rings. The highest BCUT2D eigenvalue weighted by molar-refractivity contribution is 5.95. The first-order valence-electron chi connectivity index (χ1n) is 10.9. The summed E-state index contributed by atoms with van der Waals surface area (Å²) in [6.45, 7) is 6.36. The zero-order chi connectivity index (χ0) is 24.7. The summed E-state index contributed by atoms with van der Waals surface area (Å²) in [5.41, 5.74) is -2.04. The Balaban J connectivity index is 1.70. The zero-order valence-electron chi connectivity index (χ0n) is 18.3. The normalized spacial score (nSPS) is 18.6. The van der Waals surface area contributed by atoms with Crippen LogP contribution in [-0.2, 0) is 24.3 Å². The second kappa shape index (κ2) is 8.76. The van der Waals surface area contributed by atoms with Gasteiger partial charge >= 0.3 is 12.4 Å². The van der Waals surface area contributed by atoms with E-state index >= 15 is 0 Å². The van der Waals surface area contributed by atoms with Crippen molar-refractivity contribution in [1.29, 1.82) is 0 Å². The van der Waals surface area contributed by atoms with E-state index in [0.29, 0.717) is 12.1 Å². The lowest BCUT2D eigenvalue weighted by molar-refractivity contribution is -0.143. The molecule has 1 fully saturated rings. The number of likely N-dealkylation sites (tertiary alicyclic amines) is 1. The van der Waals surface area contributed by atoms with E-state index in [1.807, 2.05) is 30.3 Å². The summed E-state index contributed by atoms with van der Waals surface area (Å²) >= 11 is 0. The number of nitrogens with zero attached hydrogens (tertiary/aromatic N) is 2. The van der Waals surface area contributed by atoms with Crippen LogP contribution < -0.4 is 0 Å². The average Bonchev–Trinajstić information content (AvgIpc) is 2.79. The first kappa shape index (κ1) is 24.3. The van der Waals surface area contributed by atoms with Crippen molar-refractivity contribution in [2.75, 3.05) is 26.2 Å².